The second-order valence-electron chi connectivity index (χ2n) is 5.70. The van der Waals surface area contributed by atoms with Gasteiger partial charge in [-0.2, -0.15) is 0 Å². The maximum absolute atomic E-state index is 12.4. The maximum Gasteiger partial charge on any atom is 0.237 e. The van der Waals surface area contributed by atoms with E-state index in [1.54, 1.807) is 18.2 Å². The highest BCUT2D eigenvalue weighted by atomic mass is 35.5. The molecule has 0 saturated carbocycles. The van der Waals surface area contributed by atoms with Crippen LogP contribution in [0, 0.1) is 0 Å². The third-order valence-electron chi connectivity index (χ3n) is 3.48. The van der Waals surface area contributed by atoms with E-state index in [0.29, 0.717) is 22.2 Å². The molecule has 0 saturated heterocycles. The number of thioether (sulfide) groups is 1. The fraction of sp³-hybridized carbons (Fsp3) is 0.263. The van der Waals surface area contributed by atoms with E-state index >= 15 is 0 Å². The van der Waals surface area contributed by atoms with Gasteiger partial charge in [-0.1, -0.05) is 30.1 Å². The van der Waals surface area contributed by atoms with Crippen LogP contribution in [0.1, 0.15) is 26.7 Å². The van der Waals surface area contributed by atoms with Crippen molar-refractivity contribution in [3.63, 3.8) is 0 Å². The van der Waals surface area contributed by atoms with Crippen LogP contribution in [0.4, 0.5) is 11.4 Å². The zero-order valence-corrected chi connectivity index (χ0v) is 16.8. The molecule has 0 heterocycles. The highest BCUT2D eigenvalue weighted by molar-refractivity contribution is 8.00. The summed E-state index contributed by atoms with van der Waals surface area (Å²) < 4.78 is 0. The van der Waals surface area contributed by atoms with Gasteiger partial charge >= 0.3 is 0 Å². The molecule has 2 rings (SSSR count). The molecule has 0 aliphatic heterocycles. The largest absolute Gasteiger partial charge is 0.326 e. The van der Waals surface area contributed by atoms with Gasteiger partial charge < -0.3 is 10.6 Å². The summed E-state index contributed by atoms with van der Waals surface area (Å²) in [6, 6.07) is 12.3. The Hall–Kier alpha value is -1.69. The van der Waals surface area contributed by atoms with Crippen LogP contribution in [0.3, 0.4) is 0 Å². The lowest BCUT2D eigenvalue weighted by Gasteiger charge is -2.13. The van der Waals surface area contributed by atoms with E-state index < -0.39 is 0 Å². The van der Waals surface area contributed by atoms with Crippen molar-refractivity contribution in [2.24, 2.45) is 0 Å². The zero-order valence-electron chi connectivity index (χ0n) is 14.5. The van der Waals surface area contributed by atoms with Crippen LogP contribution in [0.15, 0.2) is 47.4 Å². The molecule has 0 fully saturated rings. The van der Waals surface area contributed by atoms with Crippen molar-refractivity contribution >= 4 is 58.2 Å². The van der Waals surface area contributed by atoms with Crippen LogP contribution in [0.25, 0.3) is 0 Å². The van der Waals surface area contributed by atoms with Gasteiger partial charge in [0, 0.05) is 22.0 Å². The molecule has 2 amide bonds. The van der Waals surface area contributed by atoms with E-state index in [9.17, 15) is 9.59 Å². The Morgan fingerprint density at radius 1 is 1.08 bits per heavy atom. The van der Waals surface area contributed by atoms with Gasteiger partial charge in [0.2, 0.25) is 11.8 Å². The van der Waals surface area contributed by atoms with E-state index in [4.69, 9.17) is 23.2 Å². The van der Waals surface area contributed by atoms with E-state index in [1.165, 1.54) is 11.8 Å². The van der Waals surface area contributed by atoms with Crippen LogP contribution in [-0.4, -0.2) is 17.1 Å². The average Bonchev–Trinajstić information content (AvgIpc) is 2.60. The number of carbonyl (C=O) groups excluding carboxylic acids is 2. The number of carbonyl (C=O) groups is 2. The number of amides is 2. The Morgan fingerprint density at radius 2 is 1.77 bits per heavy atom. The number of hydrogen-bond donors (Lipinski definition) is 2. The van der Waals surface area contributed by atoms with Gasteiger partial charge in [-0.25, -0.2) is 0 Å². The van der Waals surface area contributed by atoms with E-state index in [-0.39, 0.29) is 17.1 Å². The molecule has 0 bridgehead atoms. The molecule has 0 radical (unpaired) electrons. The number of hydrogen-bond acceptors (Lipinski definition) is 3. The highest BCUT2D eigenvalue weighted by Crippen LogP contribution is 2.28. The summed E-state index contributed by atoms with van der Waals surface area (Å²) in [7, 11) is 0. The van der Waals surface area contributed by atoms with Gasteiger partial charge in [-0.05, 0) is 55.8 Å². The number of benzene rings is 2. The summed E-state index contributed by atoms with van der Waals surface area (Å²) in [4.78, 5) is 24.9. The molecule has 2 aromatic carbocycles. The second kappa shape index (κ2) is 9.86. The standard InChI is InChI=1S/C19H20Cl2N2O2S/c1-3-4-18(24)22-14-6-8-15(9-7-14)26-12(2)19(25)23-17-11-13(20)5-10-16(17)21/h5-12H,3-4H2,1-2H3,(H,22,24)(H,23,25). The van der Waals surface area contributed by atoms with Crippen molar-refractivity contribution in [1.29, 1.82) is 0 Å². The first-order valence-corrected chi connectivity index (χ1v) is 9.85. The predicted molar refractivity (Wildman–Crippen MR) is 110 cm³/mol. The minimum absolute atomic E-state index is 0.000880. The Kier molecular flexibility index (Phi) is 7.82. The molecule has 138 valence electrons. The van der Waals surface area contributed by atoms with E-state index in [1.807, 2.05) is 38.1 Å². The molecular formula is C19H20Cl2N2O2S. The van der Waals surface area contributed by atoms with Crippen LogP contribution in [0.5, 0.6) is 0 Å². The van der Waals surface area contributed by atoms with E-state index in [2.05, 4.69) is 10.6 Å². The van der Waals surface area contributed by atoms with Gasteiger partial charge in [0.1, 0.15) is 0 Å². The smallest absolute Gasteiger partial charge is 0.237 e. The molecule has 0 aromatic heterocycles. The van der Waals surface area contributed by atoms with Gasteiger partial charge in [-0.3, -0.25) is 9.59 Å². The first kappa shape index (κ1) is 20.6. The fourth-order valence-corrected chi connectivity index (χ4v) is 3.36. The third-order valence-corrected chi connectivity index (χ3v) is 5.16. The summed E-state index contributed by atoms with van der Waals surface area (Å²) in [6.07, 6.45) is 1.31. The van der Waals surface area contributed by atoms with E-state index in [0.717, 1.165) is 17.0 Å². The Labute approximate surface area is 167 Å². The van der Waals surface area contributed by atoms with Gasteiger partial charge in [0.15, 0.2) is 0 Å². The van der Waals surface area contributed by atoms with Gasteiger partial charge in [0.05, 0.1) is 16.0 Å². The zero-order chi connectivity index (χ0) is 19.1. The number of halogens is 2. The van der Waals surface area contributed by atoms with Crippen LogP contribution < -0.4 is 10.6 Å². The number of nitrogens with one attached hydrogen (secondary N) is 2. The van der Waals surface area contributed by atoms with Crippen LogP contribution >= 0.6 is 35.0 Å². The predicted octanol–water partition coefficient (Wildman–Crippen LogP) is 5.85. The number of anilines is 2. The second-order valence-corrected chi connectivity index (χ2v) is 7.95. The molecular weight excluding hydrogens is 391 g/mol. The maximum atomic E-state index is 12.4. The van der Waals surface area contributed by atoms with Crippen LogP contribution in [-0.2, 0) is 9.59 Å². The molecule has 26 heavy (non-hydrogen) atoms. The van der Waals surface area contributed by atoms with Gasteiger partial charge in [0.25, 0.3) is 0 Å². The Balaban J connectivity index is 1.94. The summed E-state index contributed by atoms with van der Waals surface area (Å²) in [5.74, 6) is -0.168. The summed E-state index contributed by atoms with van der Waals surface area (Å²) in [6.45, 7) is 3.78. The van der Waals surface area contributed by atoms with Crippen LogP contribution in [0.2, 0.25) is 10.0 Å². The SMILES string of the molecule is CCCC(=O)Nc1ccc(SC(C)C(=O)Nc2cc(Cl)ccc2Cl)cc1. The Morgan fingerprint density at radius 3 is 2.42 bits per heavy atom. The normalized spacial score (nSPS) is 11.7. The quantitative estimate of drug-likeness (QED) is 0.562. The molecule has 0 aliphatic rings. The lowest BCUT2D eigenvalue weighted by Crippen LogP contribution is -2.22. The molecule has 0 spiro atoms. The molecule has 1 unspecified atom stereocenters. The molecule has 2 aromatic rings. The van der Waals surface area contributed by atoms with Crippen molar-refractivity contribution in [3.8, 4) is 0 Å². The first-order chi connectivity index (χ1) is 12.4. The van der Waals surface area contributed by atoms with Crippen molar-refractivity contribution in [2.45, 2.75) is 36.8 Å². The van der Waals surface area contributed by atoms with Crippen molar-refractivity contribution in [2.75, 3.05) is 10.6 Å². The first-order valence-electron chi connectivity index (χ1n) is 8.21. The summed E-state index contributed by atoms with van der Waals surface area (Å²) in [5.41, 5.74) is 1.24. The fourth-order valence-electron chi connectivity index (χ4n) is 2.15. The average molecular weight is 411 g/mol. The monoisotopic (exact) mass is 410 g/mol. The van der Waals surface area contributed by atoms with Crippen molar-refractivity contribution in [3.05, 3.63) is 52.5 Å². The topological polar surface area (TPSA) is 58.2 Å². The minimum atomic E-state index is -0.328. The highest BCUT2D eigenvalue weighted by Gasteiger charge is 2.16. The summed E-state index contributed by atoms with van der Waals surface area (Å²) >= 11 is 13.4. The molecule has 2 N–H and O–H groups in total. The Bertz CT molecular complexity index is 782. The lowest BCUT2D eigenvalue weighted by molar-refractivity contribution is -0.116. The van der Waals surface area contributed by atoms with Gasteiger partial charge in [-0.15, -0.1) is 11.8 Å². The molecule has 7 heteroatoms. The van der Waals surface area contributed by atoms with Crippen molar-refractivity contribution in [1.82, 2.24) is 0 Å². The molecule has 1 atom stereocenters. The van der Waals surface area contributed by atoms with Crippen molar-refractivity contribution < 1.29 is 9.59 Å². The lowest BCUT2D eigenvalue weighted by atomic mass is 10.3. The third kappa shape index (κ3) is 6.24. The summed E-state index contributed by atoms with van der Waals surface area (Å²) in [5, 5.41) is 6.24. The minimum Gasteiger partial charge on any atom is -0.326 e. The number of rotatable bonds is 7. The molecule has 0 aliphatic carbocycles. The molecule has 4 nitrogen and oxygen atoms in total.